The Balaban J connectivity index is 3.03. The Labute approximate surface area is 86.1 Å². The van der Waals surface area contributed by atoms with Gasteiger partial charge in [-0.1, -0.05) is 6.07 Å². The van der Waals surface area contributed by atoms with Crippen LogP contribution in [-0.2, 0) is 0 Å². The maximum Gasteiger partial charge on any atom is 0.194 e. The lowest BCUT2D eigenvalue weighted by Crippen LogP contribution is -2.12. The Morgan fingerprint density at radius 2 is 1.93 bits per heavy atom. The van der Waals surface area contributed by atoms with Crippen molar-refractivity contribution in [3.8, 4) is 11.8 Å². The van der Waals surface area contributed by atoms with Crippen LogP contribution in [0.4, 0.5) is 13.2 Å². The lowest BCUT2D eigenvalue weighted by Gasteiger charge is -2.10. The van der Waals surface area contributed by atoms with Gasteiger partial charge in [0.25, 0.3) is 0 Å². The summed E-state index contributed by atoms with van der Waals surface area (Å²) in [6, 6.07) is 1.25. The Morgan fingerprint density at radius 1 is 1.27 bits per heavy atom. The molecular weight excluding hydrogens is 203 g/mol. The first-order chi connectivity index (χ1) is 7.07. The van der Waals surface area contributed by atoms with Gasteiger partial charge < -0.3 is 5.73 Å². The minimum absolute atomic E-state index is 0.0587. The predicted molar refractivity (Wildman–Crippen MR) is 51.3 cm³/mol. The second-order valence-corrected chi connectivity index (χ2v) is 3.00. The van der Waals surface area contributed by atoms with E-state index in [0.717, 1.165) is 12.1 Å². The molecule has 0 aliphatic carbocycles. The van der Waals surface area contributed by atoms with E-state index in [4.69, 9.17) is 5.73 Å². The molecule has 0 aromatic heterocycles. The largest absolute Gasteiger partial charge is 0.323 e. The average Bonchev–Trinajstić information content (AvgIpc) is 2.23. The summed E-state index contributed by atoms with van der Waals surface area (Å²) in [6.45, 7) is 1.62. The summed E-state index contributed by atoms with van der Waals surface area (Å²) >= 11 is 0. The van der Waals surface area contributed by atoms with Gasteiger partial charge in [0.2, 0.25) is 0 Å². The fourth-order valence-corrected chi connectivity index (χ4v) is 1.15. The zero-order valence-electron chi connectivity index (χ0n) is 8.15. The van der Waals surface area contributed by atoms with Crippen LogP contribution < -0.4 is 5.73 Å². The molecule has 1 unspecified atom stereocenters. The van der Waals surface area contributed by atoms with Gasteiger partial charge in [0.1, 0.15) is 0 Å². The van der Waals surface area contributed by atoms with Gasteiger partial charge in [-0.05, 0) is 13.0 Å². The molecule has 0 amide bonds. The van der Waals surface area contributed by atoms with E-state index in [2.05, 4.69) is 11.8 Å². The van der Waals surface area contributed by atoms with Crippen molar-refractivity contribution >= 4 is 0 Å². The molecule has 0 fully saturated rings. The molecule has 1 nitrogen and oxygen atoms in total. The van der Waals surface area contributed by atoms with Crippen molar-refractivity contribution < 1.29 is 13.2 Å². The van der Waals surface area contributed by atoms with E-state index in [1.807, 2.05) is 0 Å². The van der Waals surface area contributed by atoms with E-state index < -0.39 is 23.5 Å². The zero-order chi connectivity index (χ0) is 11.4. The molecule has 0 saturated heterocycles. The van der Waals surface area contributed by atoms with Gasteiger partial charge in [-0.15, -0.1) is 11.8 Å². The second kappa shape index (κ2) is 4.85. The van der Waals surface area contributed by atoms with Gasteiger partial charge in [-0.3, -0.25) is 0 Å². The first kappa shape index (κ1) is 11.6. The number of halogens is 3. The van der Waals surface area contributed by atoms with Crippen molar-refractivity contribution in [1.82, 2.24) is 0 Å². The van der Waals surface area contributed by atoms with Crippen molar-refractivity contribution in [2.24, 2.45) is 5.73 Å². The van der Waals surface area contributed by atoms with Gasteiger partial charge >= 0.3 is 0 Å². The molecule has 1 aromatic rings. The molecule has 2 N–H and O–H groups in total. The normalized spacial score (nSPS) is 11.8. The summed E-state index contributed by atoms with van der Waals surface area (Å²) in [5.41, 5.74) is 5.51. The van der Waals surface area contributed by atoms with Crippen molar-refractivity contribution in [1.29, 1.82) is 0 Å². The van der Waals surface area contributed by atoms with Gasteiger partial charge in [0.15, 0.2) is 17.5 Å². The average molecular weight is 213 g/mol. The van der Waals surface area contributed by atoms with Crippen LogP contribution in [0.5, 0.6) is 0 Å². The van der Waals surface area contributed by atoms with E-state index in [-0.39, 0.29) is 12.0 Å². The maximum absolute atomic E-state index is 13.2. The molecule has 15 heavy (non-hydrogen) atoms. The highest BCUT2D eigenvalue weighted by Crippen LogP contribution is 2.21. The number of hydrogen-bond donors (Lipinski definition) is 1. The summed E-state index contributed by atoms with van der Waals surface area (Å²) in [5.74, 6) is 1.30. The first-order valence-electron chi connectivity index (χ1n) is 4.36. The van der Waals surface area contributed by atoms with E-state index in [0.29, 0.717) is 0 Å². The molecule has 80 valence electrons. The Bertz CT molecular complexity index is 418. The minimum atomic E-state index is -1.49. The maximum atomic E-state index is 13.2. The molecule has 0 saturated carbocycles. The van der Waals surface area contributed by atoms with Crippen LogP contribution in [0.1, 0.15) is 24.9 Å². The highest BCUT2D eigenvalue weighted by molar-refractivity contribution is 5.24. The standard InChI is InChI=1S/C11H10F3N/c1-2-3-4-9(15)7-5-6-8(12)11(14)10(7)13/h5-6,9H,4,15H2,1H3. The van der Waals surface area contributed by atoms with Gasteiger partial charge in [0.05, 0.1) is 0 Å². The van der Waals surface area contributed by atoms with Crippen molar-refractivity contribution in [3.63, 3.8) is 0 Å². The van der Waals surface area contributed by atoms with Crippen LogP contribution in [0.25, 0.3) is 0 Å². The summed E-state index contributed by atoms with van der Waals surface area (Å²) in [6.07, 6.45) is 0.207. The molecular formula is C11H10F3N. The fourth-order valence-electron chi connectivity index (χ4n) is 1.15. The molecule has 1 rings (SSSR count). The Kier molecular flexibility index (Phi) is 3.75. The third-order valence-corrected chi connectivity index (χ3v) is 1.96. The van der Waals surface area contributed by atoms with Crippen molar-refractivity contribution in [3.05, 3.63) is 35.1 Å². The molecule has 0 aliphatic heterocycles. The van der Waals surface area contributed by atoms with Gasteiger partial charge in [-0.25, -0.2) is 13.2 Å². The molecule has 0 radical (unpaired) electrons. The van der Waals surface area contributed by atoms with Crippen LogP contribution >= 0.6 is 0 Å². The highest BCUT2D eigenvalue weighted by atomic mass is 19.2. The molecule has 4 heteroatoms. The van der Waals surface area contributed by atoms with Crippen LogP contribution in [-0.4, -0.2) is 0 Å². The molecule has 0 heterocycles. The van der Waals surface area contributed by atoms with E-state index >= 15 is 0 Å². The van der Waals surface area contributed by atoms with E-state index in [1.54, 1.807) is 6.92 Å². The number of nitrogens with two attached hydrogens (primary N) is 1. The van der Waals surface area contributed by atoms with E-state index in [9.17, 15) is 13.2 Å². The molecule has 1 aromatic carbocycles. The minimum Gasteiger partial charge on any atom is -0.323 e. The third kappa shape index (κ3) is 2.51. The van der Waals surface area contributed by atoms with Gasteiger partial charge in [0, 0.05) is 18.0 Å². The summed E-state index contributed by atoms with van der Waals surface area (Å²) in [4.78, 5) is 0. The summed E-state index contributed by atoms with van der Waals surface area (Å²) in [7, 11) is 0. The predicted octanol–water partition coefficient (Wildman–Crippen LogP) is 2.52. The van der Waals surface area contributed by atoms with Crippen molar-refractivity contribution in [2.75, 3.05) is 0 Å². The van der Waals surface area contributed by atoms with Crippen LogP contribution in [0.15, 0.2) is 12.1 Å². The van der Waals surface area contributed by atoms with Crippen LogP contribution in [0.3, 0.4) is 0 Å². The van der Waals surface area contributed by atoms with Crippen LogP contribution in [0.2, 0.25) is 0 Å². The molecule has 1 atom stereocenters. The van der Waals surface area contributed by atoms with E-state index in [1.165, 1.54) is 0 Å². The SMILES string of the molecule is CC#CCC(N)c1ccc(F)c(F)c1F. The lowest BCUT2D eigenvalue weighted by molar-refractivity contribution is 0.436. The number of benzene rings is 1. The lowest BCUT2D eigenvalue weighted by atomic mass is 10.0. The summed E-state index contributed by atoms with van der Waals surface area (Å²) < 4.78 is 38.6. The Hall–Kier alpha value is -1.47. The highest BCUT2D eigenvalue weighted by Gasteiger charge is 2.17. The third-order valence-electron chi connectivity index (χ3n) is 1.96. The fraction of sp³-hybridized carbons (Fsp3) is 0.273. The zero-order valence-corrected chi connectivity index (χ0v) is 8.15. The molecule has 0 spiro atoms. The van der Waals surface area contributed by atoms with Gasteiger partial charge in [-0.2, -0.15) is 0 Å². The first-order valence-corrected chi connectivity index (χ1v) is 4.36. The summed E-state index contributed by atoms with van der Waals surface area (Å²) in [5, 5.41) is 0. The molecule has 0 bridgehead atoms. The molecule has 0 aliphatic rings. The quantitative estimate of drug-likeness (QED) is 0.593. The topological polar surface area (TPSA) is 26.0 Å². The monoisotopic (exact) mass is 213 g/mol. The smallest absolute Gasteiger partial charge is 0.194 e. The van der Waals surface area contributed by atoms with Crippen LogP contribution in [0, 0.1) is 29.3 Å². The number of rotatable bonds is 2. The van der Waals surface area contributed by atoms with Crippen molar-refractivity contribution in [2.45, 2.75) is 19.4 Å². The second-order valence-electron chi connectivity index (χ2n) is 3.00. The Morgan fingerprint density at radius 3 is 2.53 bits per heavy atom. The number of hydrogen-bond acceptors (Lipinski definition) is 1.